The van der Waals surface area contributed by atoms with Crippen molar-refractivity contribution in [2.75, 3.05) is 17.3 Å². The normalized spacial score (nSPS) is 10.5. The summed E-state index contributed by atoms with van der Waals surface area (Å²) in [6.45, 7) is 2.71. The maximum atomic E-state index is 6.03. The van der Waals surface area contributed by atoms with Crippen molar-refractivity contribution in [3.63, 3.8) is 0 Å². The first-order valence-electron chi connectivity index (χ1n) is 7.73. The minimum atomic E-state index is 0.684. The molecule has 3 rings (SSSR count). The first-order chi connectivity index (χ1) is 11.6. The van der Waals surface area contributed by atoms with Crippen molar-refractivity contribution in [1.29, 1.82) is 0 Å². The monoisotopic (exact) mass is 338 g/mol. The van der Waals surface area contributed by atoms with Crippen LogP contribution in [0.5, 0.6) is 0 Å². The van der Waals surface area contributed by atoms with Crippen molar-refractivity contribution in [3.05, 3.63) is 76.9 Å². The fraction of sp³-hybridized carbons (Fsp3) is 0.158. The van der Waals surface area contributed by atoms with Crippen LogP contribution in [0, 0.1) is 6.92 Å². The molecule has 3 aromatic rings. The molecule has 0 bridgehead atoms. The number of hydrogen-bond acceptors (Lipinski definition) is 4. The van der Waals surface area contributed by atoms with E-state index in [0.29, 0.717) is 11.0 Å². The topological polar surface area (TPSA) is 41.1 Å². The van der Waals surface area contributed by atoms with Crippen LogP contribution in [-0.4, -0.2) is 17.0 Å². The number of aromatic nitrogens is 2. The summed E-state index contributed by atoms with van der Waals surface area (Å²) < 4.78 is 0. The van der Waals surface area contributed by atoms with Gasteiger partial charge in [-0.05, 0) is 30.7 Å². The van der Waals surface area contributed by atoms with Gasteiger partial charge >= 0.3 is 0 Å². The predicted octanol–water partition coefficient (Wildman–Crippen LogP) is 4.82. The molecule has 0 saturated carbocycles. The van der Waals surface area contributed by atoms with Gasteiger partial charge in [0.15, 0.2) is 0 Å². The van der Waals surface area contributed by atoms with Crippen LogP contribution in [0.15, 0.2) is 60.7 Å². The molecule has 0 aliphatic rings. The third kappa shape index (κ3) is 4.24. The van der Waals surface area contributed by atoms with E-state index in [1.54, 1.807) is 0 Å². The third-order valence-electron chi connectivity index (χ3n) is 3.54. The van der Waals surface area contributed by atoms with Crippen molar-refractivity contribution in [2.45, 2.75) is 13.5 Å². The Labute approximate surface area is 147 Å². The van der Waals surface area contributed by atoms with Crippen LogP contribution in [0.1, 0.15) is 11.3 Å². The van der Waals surface area contributed by atoms with Gasteiger partial charge in [-0.1, -0.05) is 48.0 Å². The average molecular weight is 339 g/mol. The largest absolute Gasteiger partial charge is 0.340 e. The molecule has 122 valence electrons. The molecule has 4 nitrogen and oxygen atoms in total. The summed E-state index contributed by atoms with van der Waals surface area (Å²) in [5.41, 5.74) is 3.02. The first kappa shape index (κ1) is 16.3. The van der Waals surface area contributed by atoms with Gasteiger partial charge in [-0.25, -0.2) is 4.98 Å². The summed E-state index contributed by atoms with van der Waals surface area (Å²) in [6.07, 6.45) is 0. The summed E-state index contributed by atoms with van der Waals surface area (Å²) >= 11 is 6.03. The Morgan fingerprint density at radius 1 is 1.00 bits per heavy atom. The highest BCUT2D eigenvalue weighted by atomic mass is 35.5. The van der Waals surface area contributed by atoms with Crippen LogP contribution >= 0.6 is 11.6 Å². The van der Waals surface area contributed by atoms with Crippen LogP contribution in [0.4, 0.5) is 17.5 Å². The molecule has 0 radical (unpaired) electrons. The van der Waals surface area contributed by atoms with Gasteiger partial charge in [-0.3, -0.25) is 0 Å². The summed E-state index contributed by atoms with van der Waals surface area (Å²) in [5, 5.41) is 3.97. The molecule has 0 fully saturated rings. The third-order valence-corrected chi connectivity index (χ3v) is 3.78. The van der Waals surface area contributed by atoms with Gasteiger partial charge in [0.1, 0.15) is 5.82 Å². The second kappa shape index (κ2) is 7.32. The van der Waals surface area contributed by atoms with E-state index in [4.69, 9.17) is 11.6 Å². The number of benzene rings is 2. The van der Waals surface area contributed by atoms with Crippen LogP contribution in [0.25, 0.3) is 0 Å². The van der Waals surface area contributed by atoms with Gasteiger partial charge in [-0.15, -0.1) is 0 Å². The first-order valence-corrected chi connectivity index (χ1v) is 8.11. The molecule has 2 aromatic carbocycles. The van der Waals surface area contributed by atoms with Crippen molar-refractivity contribution in [2.24, 2.45) is 0 Å². The van der Waals surface area contributed by atoms with E-state index >= 15 is 0 Å². The molecular formula is C19H19ClN4. The molecule has 0 saturated heterocycles. The zero-order valence-electron chi connectivity index (χ0n) is 13.7. The summed E-state index contributed by atoms with van der Waals surface area (Å²) in [5.74, 6) is 1.43. The molecule has 0 amide bonds. The van der Waals surface area contributed by atoms with E-state index in [0.717, 1.165) is 23.7 Å². The maximum Gasteiger partial charge on any atom is 0.227 e. The van der Waals surface area contributed by atoms with Crippen LogP contribution in [-0.2, 0) is 6.54 Å². The minimum absolute atomic E-state index is 0.684. The number of aryl methyl sites for hydroxylation is 1. The van der Waals surface area contributed by atoms with Gasteiger partial charge in [0, 0.05) is 36.1 Å². The number of halogens is 1. The lowest BCUT2D eigenvalue weighted by Crippen LogP contribution is -2.19. The summed E-state index contributed by atoms with van der Waals surface area (Å²) in [4.78, 5) is 11.2. The zero-order chi connectivity index (χ0) is 16.9. The fourth-order valence-electron chi connectivity index (χ4n) is 2.43. The molecule has 0 aliphatic heterocycles. The average Bonchev–Trinajstić information content (AvgIpc) is 2.55. The van der Waals surface area contributed by atoms with E-state index in [1.807, 2.05) is 67.4 Å². The number of anilines is 3. The molecule has 24 heavy (non-hydrogen) atoms. The van der Waals surface area contributed by atoms with Crippen molar-refractivity contribution < 1.29 is 0 Å². The number of rotatable bonds is 5. The second-order valence-corrected chi connectivity index (χ2v) is 6.11. The predicted molar refractivity (Wildman–Crippen MR) is 100 cm³/mol. The maximum absolute atomic E-state index is 6.03. The van der Waals surface area contributed by atoms with E-state index in [9.17, 15) is 0 Å². The van der Waals surface area contributed by atoms with Crippen molar-refractivity contribution in [3.8, 4) is 0 Å². The Hall–Kier alpha value is -2.59. The van der Waals surface area contributed by atoms with Gasteiger partial charge in [0.05, 0.1) is 0 Å². The minimum Gasteiger partial charge on any atom is -0.340 e. The lowest BCUT2D eigenvalue weighted by molar-refractivity contribution is 0.861. The molecule has 1 heterocycles. The van der Waals surface area contributed by atoms with E-state index in [2.05, 4.69) is 27.4 Å². The van der Waals surface area contributed by atoms with Crippen molar-refractivity contribution in [1.82, 2.24) is 9.97 Å². The Morgan fingerprint density at radius 3 is 2.54 bits per heavy atom. The van der Waals surface area contributed by atoms with Gasteiger partial charge in [-0.2, -0.15) is 4.98 Å². The Balaban J connectivity index is 1.80. The Morgan fingerprint density at radius 2 is 1.79 bits per heavy atom. The molecule has 0 unspecified atom stereocenters. The van der Waals surface area contributed by atoms with Crippen LogP contribution < -0.4 is 10.2 Å². The van der Waals surface area contributed by atoms with E-state index < -0.39 is 0 Å². The smallest absolute Gasteiger partial charge is 0.227 e. The van der Waals surface area contributed by atoms with E-state index in [1.165, 1.54) is 5.56 Å². The van der Waals surface area contributed by atoms with Gasteiger partial charge < -0.3 is 10.2 Å². The Kier molecular flexibility index (Phi) is 4.96. The van der Waals surface area contributed by atoms with Crippen LogP contribution in [0.3, 0.4) is 0 Å². The highest BCUT2D eigenvalue weighted by Gasteiger charge is 2.08. The molecule has 5 heteroatoms. The molecule has 1 N–H and O–H groups in total. The highest BCUT2D eigenvalue weighted by Crippen LogP contribution is 2.21. The number of nitrogens with zero attached hydrogens (tertiary/aromatic N) is 3. The molecule has 1 aromatic heterocycles. The zero-order valence-corrected chi connectivity index (χ0v) is 14.5. The lowest BCUT2D eigenvalue weighted by atomic mass is 10.2. The molecule has 0 spiro atoms. The lowest BCUT2D eigenvalue weighted by Gasteiger charge is -2.18. The van der Waals surface area contributed by atoms with Crippen molar-refractivity contribution >= 4 is 29.1 Å². The SMILES string of the molecule is Cc1cc(Nc2cccc(Cl)c2)nc(N(C)Cc2ccccc2)n1. The number of nitrogens with one attached hydrogen (secondary N) is 1. The standard InChI is InChI=1S/C19H19ClN4/c1-14-11-18(22-17-10-6-9-16(20)12-17)23-19(21-14)24(2)13-15-7-4-3-5-8-15/h3-12H,13H2,1-2H3,(H,21,22,23). The van der Waals surface area contributed by atoms with Gasteiger partial charge in [0.25, 0.3) is 0 Å². The summed E-state index contributed by atoms with van der Waals surface area (Å²) in [6, 6.07) is 19.8. The molecular weight excluding hydrogens is 320 g/mol. The summed E-state index contributed by atoms with van der Waals surface area (Å²) in [7, 11) is 1.99. The Bertz CT molecular complexity index is 821. The van der Waals surface area contributed by atoms with Crippen LogP contribution in [0.2, 0.25) is 5.02 Å². The number of hydrogen-bond donors (Lipinski definition) is 1. The fourth-order valence-corrected chi connectivity index (χ4v) is 2.62. The second-order valence-electron chi connectivity index (χ2n) is 5.67. The molecule has 0 atom stereocenters. The van der Waals surface area contributed by atoms with Gasteiger partial charge in [0.2, 0.25) is 5.95 Å². The molecule has 0 aliphatic carbocycles. The quantitative estimate of drug-likeness (QED) is 0.724. The van der Waals surface area contributed by atoms with E-state index in [-0.39, 0.29) is 0 Å². The highest BCUT2D eigenvalue weighted by molar-refractivity contribution is 6.30.